The van der Waals surface area contributed by atoms with E-state index in [1.54, 1.807) is 36.7 Å². The summed E-state index contributed by atoms with van der Waals surface area (Å²) in [6.45, 7) is 1.82. The van der Waals surface area contributed by atoms with E-state index in [4.69, 9.17) is 4.42 Å². The van der Waals surface area contributed by atoms with Crippen molar-refractivity contribution in [3.8, 4) is 0 Å². The number of carbonyl (C=O) groups is 1. The number of fused-ring (bicyclic) bond motifs is 1. The van der Waals surface area contributed by atoms with Gasteiger partial charge in [0.05, 0.1) is 12.0 Å². The van der Waals surface area contributed by atoms with Crippen LogP contribution in [0.1, 0.15) is 29.3 Å². The van der Waals surface area contributed by atoms with Gasteiger partial charge in [-0.3, -0.25) is 9.20 Å². The van der Waals surface area contributed by atoms with Crippen molar-refractivity contribution < 1.29 is 9.21 Å². The van der Waals surface area contributed by atoms with Crippen LogP contribution in [0.25, 0.3) is 5.65 Å². The van der Waals surface area contributed by atoms with E-state index in [1.807, 2.05) is 37.3 Å². The largest absolute Gasteiger partial charge is 0.467 e. The van der Waals surface area contributed by atoms with Crippen LogP contribution in [0.5, 0.6) is 0 Å². The second-order valence-corrected chi connectivity index (χ2v) is 7.26. The Hall–Kier alpha value is -3.94. The number of hydrogen-bond acceptors (Lipinski definition) is 5. The summed E-state index contributed by atoms with van der Waals surface area (Å²) >= 11 is 0. The lowest BCUT2D eigenvalue weighted by Crippen LogP contribution is -2.34. The van der Waals surface area contributed by atoms with Crippen molar-refractivity contribution in [3.63, 3.8) is 0 Å². The molecule has 0 saturated heterocycles. The summed E-state index contributed by atoms with van der Waals surface area (Å²) in [5, 5.41) is 10.2. The summed E-state index contributed by atoms with van der Waals surface area (Å²) in [6.07, 6.45) is 3.73. The molecule has 3 aromatic heterocycles. The smallest absolute Gasteiger partial charge is 0.350 e. The van der Waals surface area contributed by atoms with Crippen LogP contribution in [0.2, 0.25) is 0 Å². The third-order valence-corrected chi connectivity index (χ3v) is 5.20. The minimum Gasteiger partial charge on any atom is -0.467 e. The molecule has 1 atom stereocenters. The molecule has 1 aromatic carbocycles. The van der Waals surface area contributed by atoms with Gasteiger partial charge in [-0.15, -0.1) is 5.10 Å². The highest BCUT2D eigenvalue weighted by molar-refractivity contribution is 6.03. The lowest BCUT2D eigenvalue weighted by Gasteiger charge is -2.19. The van der Waals surface area contributed by atoms with Crippen molar-refractivity contribution in [2.75, 3.05) is 0 Å². The summed E-state index contributed by atoms with van der Waals surface area (Å²) in [5.41, 5.74) is 3.03. The van der Waals surface area contributed by atoms with Gasteiger partial charge in [-0.25, -0.2) is 14.5 Å². The number of pyridine rings is 1. The molecule has 8 nitrogen and oxygen atoms in total. The molecule has 1 unspecified atom stereocenters. The molecular weight excluding hydrogens is 382 g/mol. The topological polar surface area (TPSA) is 85.1 Å². The van der Waals surface area contributed by atoms with Gasteiger partial charge in [0.25, 0.3) is 5.91 Å². The van der Waals surface area contributed by atoms with Gasteiger partial charge in [-0.1, -0.05) is 35.9 Å². The molecular formula is C22H19N5O3. The van der Waals surface area contributed by atoms with Crippen molar-refractivity contribution in [2.24, 2.45) is 5.10 Å². The van der Waals surface area contributed by atoms with Crippen molar-refractivity contribution >= 4 is 17.3 Å². The molecule has 5 rings (SSSR count). The molecule has 0 radical (unpaired) electrons. The van der Waals surface area contributed by atoms with E-state index in [0.717, 1.165) is 21.5 Å². The molecule has 0 N–H and O–H groups in total. The number of benzene rings is 1. The maximum Gasteiger partial charge on any atom is 0.350 e. The fourth-order valence-electron chi connectivity index (χ4n) is 3.63. The zero-order valence-corrected chi connectivity index (χ0v) is 16.3. The lowest BCUT2D eigenvalue weighted by atomic mass is 10.0. The maximum atomic E-state index is 13.1. The molecule has 30 heavy (non-hydrogen) atoms. The minimum absolute atomic E-state index is 0.206. The van der Waals surface area contributed by atoms with Crippen molar-refractivity contribution in [2.45, 2.75) is 25.9 Å². The van der Waals surface area contributed by atoms with Crippen LogP contribution in [-0.4, -0.2) is 30.8 Å². The molecule has 0 spiro atoms. The zero-order chi connectivity index (χ0) is 20.7. The van der Waals surface area contributed by atoms with E-state index in [9.17, 15) is 9.59 Å². The third kappa shape index (κ3) is 3.12. The van der Waals surface area contributed by atoms with Gasteiger partial charge in [0.2, 0.25) is 0 Å². The van der Waals surface area contributed by atoms with Crippen LogP contribution >= 0.6 is 0 Å². The Morgan fingerprint density at radius 2 is 1.97 bits per heavy atom. The van der Waals surface area contributed by atoms with Gasteiger partial charge in [0, 0.05) is 12.6 Å². The molecule has 150 valence electrons. The number of amides is 1. The van der Waals surface area contributed by atoms with Crippen molar-refractivity contribution in [1.29, 1.82) is 0 Å². The molecule has 8 heteroatoms. The minimum atomic E-state index is -0.365. The van der Waals surface area contributed by atoms with Gasteiger partial charge >= 0.3 is 5.69 Å². The van der Waals surface area contributed by atoms with Gasteiger partial charge in [0.1, 0.15) is 18.3 Å². The van der Waals surface area contributed by atoms with Crippen LogP contribution in [-0.2, 0) is 11.3 Å². The molecule has 1 aliphatic heterocycles. The molecule has 1 aliphatic rings. The first-order chi connectivity index (χ1) is 14.6. The summed E-state index contributed by atoms with van der Waals surface area (Å²) in [7, 11) is 0. The van der Waals surface area contributed by atoms with E-state index in [1.165, 1.54) is 9.41 Å². The second kappa shape index (κ2) is 7.14. The molecule has 0 bridgehead atoms. The van der Waals surface area contributed by atoms with E-state index in [2.05, 4.69) is 10.2 Å². The fraction of sp³-hybridized carbons (Fsp3) is 0.182. The Balaban J connectivity index is 1.48. The SMILES string of the molecule is Cc1ccc(C2=NN(C(=O)Cn3nc4ccccn4c3=O)C(c3ccco3)C2)cc1. The number of carbonyl (C=O) groups excluding carboxylic acids is 1. The first-order valence-corrected chi connectivity index (χ1v) is 9.64. The monoisotopic (exact) mass is 401 g/mol. The number of furan rings is 1. The third-order valence-electron chi connectivity index (χ3n) is 5.20. The van der Waals surface area contributed by atoms with Crippen LogP contribution in [0.3, 0.4) is 0 Å². The van der Waals surface area contributed by atoms with E-state index in [0.29, 0.717) is 17.8 Å². The second-order valence-electron chi connectivity index (χ2n) is 7.26. The number of aromatic nitrogens is 3. The highest BCUT2D eigenvalue weighted by Gasteiger charge is 2.35. The van der Waals surface area contributed by atoms with Gasteiger partial charge < -0.3 is 4.42 Å². The highest BCUT2D eigenvalue weighted by Crippen LogP contribution is 2.33. The maximum absolute atomic E-state index is 13.1. The van der Waals surface area contributed by atoms with Crippen molar-refractivity contribution in [3.05, 3.63) is 94.4 Å². The molecule has 0 fully saturated rings. The molecule has 1 amide bonds. The number of hydrazone groups is 1. The number of aryl methyl sites for hydroxylation is 1. The number of nitrogens with zero attached hydrogens (tertiary/aromatic N) is 5. The van der Waals surface area contributed by atoms with Gasteiger partial charge in [-0.05, 0) is 36.8 Å². The Morgan fingerprint density at radius 1 is 1.13 bits per heavy atom. The van der Waals surface area contributed by atoms with Crippen molar-refractivity contribution in [1.82, 2.24) is 19.2 Å². The number of hydrogen-bond donors (Lipinski definition) is 0. The van der Waals surface area contributed by atoms with E-state index < -0.39 is 0 Å². The quantitative estimate of drug-likeness (QED) is 0.526. The molecule has 0 aliphatic carbocycles. The summed E-state index contributed by atoms with van der Waals surface area (Å²) in [6, 6.07) is 16.5. The Kier molecular flexibility index (Phi) is 4.31. The highest BCUT2D eigenvalue weighted by atomic mass is 16.3. The lowest BCUT2D eigenvalue weighted by molar-refractivity contribution is -0.134. The summed E-state index contributed by atoms with van der Waals surface area (Å²) in [5.74, 6) is 0.320. The zero-order valence-electron chi connectivity index (χ0n) is 16.3. The molecule has 0 saturated carbocycles. The normalized spacial score (nSPS) is 16.2. The van der Waals surface area contributed by atoms with Crippen LogP contribution < -0.4 is 5.69 Å². The standard InChI is InChI=1S/C22H19N5O3/c1-15-7-9-16(10-8-15)17-13-18(19-5-4-12-30-19)27(23-17)21(28)14-26-22(29)25-11-3-2-6-20(25)24-26/h2-12,18H,13-14H2,1H3. The average molecular weight is 401 g/mol. The summed E-state index contributed by atoms with van der Waals surface area (Å²) < 4.78 is 8.14. The van der Waals surface area contributed by atoms with E-state index >= 15 is 0 Å². The molecule has 4 aromatic rings. The Bertz CT molecular complexity index is 1300. The van der Waals surface area contributed by atoms with Gasteiger partial charge in [-0.2, -0.15) is 5.10 Å². The van der Waals surface area contributed by atoms with Gasteiger partial charge in [0.15, 0.2) is 5.65 Å². The van der Waals surface area contributed by atoms with Crippen LogP contribution in [0.4, 0.5) is 0 Å². The predicted octanol–water partition coefficient (Wildman–Crippen LogP) is 2.78. The van der Waals surface area contributed by atoms with E-state index in [-0.39, 0.29) is 24.2 Å². The Morgan fingerprint density at radius 3 is 2.70 bits per heavy atom. The number of rotatable bonds is 4. The average Bonchev–Trinajstić information content (AvgIpc) is 3.48. The summed E-state index contributed by atoms with van der Waals surface area (Å²) in [4.78, 5) is 25.7. The molecule has 4 heterocycles. The Labute approximate surface area is 171 Å². The predicted molar refractivity (Wildman–Crippen MR) is 110 cm³/mol. The fourth-order valence-corrected chi connectivity index (χ4v) is 3.63. The first-order valence-electron chi connectivity index (χ1n) is 9.64. The first kappa shape index (κ1) is 18.1. The van der Waals surface area contributed by atoms with Crippen LogP contribution in [0.15, 0.2) is 81.4 Å². The van der Waals surface area contributed by atoms with Crippen LogP contribution in [0, 0.1) is 6.92 Å².